The minimum absolute atomic E-state index is 0.135. The third-order valence-corrected chi connectivity index (χ3v) is 5.91. The van der Waals surface area contributed by atoms with Crippen LogP contribution in [-0.2, 0) is 14.8 Å². The number of piperidine rings is 1. The Morgan fingerprint density at radius 2 is 2.00 bits per heavy atom. The number of likely N-dealkylation sites (tertiary alicyclic amines) is 1. The fourth-order valence-corrected chi connectivity index (χ4v) is 4.01. The molecule has 1 aliphatic rings. The monoisotopic (exact) mass is 368 g/mol. The summed E-state index contributed by atoms with van der Waals surface area (Å²) in [7, 11) is -3.64. The molecule has 1 amide bonds. The molecule has 0 bridgehead atoms. The third-order valence-electron chi connectivity index (χ3n) is 4.60. The summed E-state index contributed by atoms with van der Waals surface area (Å²) in [5.74, 6) is 0.778. The van der Waals surface area contributed by atoms with Crippen molar-refractivity contribution in [3.8, 4) is 5.75 Å². The Labute approximate surface area is 150 Å². The van der Waals surface area contributed by atoms with Gasteiger partial charge in [0.05, 0.1) is 5.25 Å². The van der Waals surface area contributed by atoms with E-state index in [4.69, 9.17) is 9.88 Å². The van der Waals surface area contributed by atoms with Crippen LogP contribution < -0.4 is 9.88 Å². The second-order valence-corrected chi connectivity index (χ2v) is 8.94. The highest BCUT2D eigenvalue weighted by Crippen LogP contribution is 2.28. The molecule has 1 saturated heterocycles. The van der Waals surface area contributed by atoms with Crippen LogP contribution in [0.15, 0.2) is 18.2 Å². The molecule has 1 fully saturated rings. The van der Waals surface area contributed by atoms with Crippen LogP contribution in [0.3, 0.4) is 0 Å². The summed E-state index contributed by atoms with van der Waals surface area (Å²) < 4.78 is 29.1. The summed E-state index contributed by atoms with van der Waals surface area (Å²) in [4.78, 5) is 14.3. The fourth-order valence-electron chi connectivity index (χ4n) is 3.13. The molecular weight excluding hydrogens is 340 g/mol. The van der Waals surface area contributed by atoms with E-state index in [0.717, 1.165) is 11.1 Å². The zero-order valence-electron chi connectivity index (χ0n) is 15.4. The molecule has 1 aliphatic heterocycles. The van der Waals surface area contributed by atoms with Gasteiger partial charge in [0, 0.05) is 13.1 Å². The molecule has 2 rings (SSSR count). The molecule has 7 heteroatoms. The van der Waals surface area contributed by atoms with Gasteiger partial charge in [0.2, 0.25) is 10.0 Å². The molecule has 25 heavy (non-hydrogen) atoms. The topological polar surface area (TPSA) is 89.7 Å². The van der Waals surface area contributed by atoms with Crippen molar-refractivity contribution < 1.29 is 17.9 Å². The number of carbonyl (C=O) groups is 1. The molecule has 2 unspecified atom stereocenters. The van der Waals surface area contributed by atoms with Gasteiger partial charge in [-0.2, -0.15) is 0 Å². The zero-order valence-corrected chi connectivity index (χ0v) is 16.2. The van der Waals surface area contributed by atoms with E-state index in [2.05, 4.69) is 13.8 Å². The largest absolute Gasteiger partial charge is 0.481 e. The number of benzene rings is 1. The number of nitrogens with zero attached hydrogens (tertiary/aromatic N) is 1. The van der Waals surface area contributed by atoms with Crippen LogP contribution in [0.25, 0.3) is 0 Å². The van der Waals surface area contributed by atoms with Gasteiger partial charge in [-0.3, -0.25) is 4.79 Å². The first-order valence-corrected chi connectivity index (χ1v) is 10.3. The molecule has 2 atom stereocenters. The first-order valence-electron chi connectivity index (χ1n) is 8.67. The highest BCUT2D eigenvalue weighted by atomic mass is 32.2. The second kappa shape index (κ2) is 7.74. The Morgan fingerprint density at radius 3 is 2.60 bits per heavy atom. The Morgan fingerprint density at radius 1 is 1.32 bits per heavy atom. The zero-order chi connectivity index (χ0) is 18.8. The lowest BCUT2D eigenvalue weighted by Gasteiger charge is -2.33. The van der Waals surface area contributed by atoms with Crippen LogP contribution in [0.4, 0.5) is 0 Å². The molecule has 1 heterocycles. The summed E-state index contributed by atoms with van der Waals surface area (Å²) in [5, 5.41) is 4.55. The lowest BCUT2D eigenvalue weighted by molar-refractivity contribution is -0.138. The molecule has 0 radical (unpaired) electrons. The number of aryl methyl sites for hydroxylation is 1. The standard InChI is InChI=1S/C18H28N2O4S/c1-12(2)16-8-7-13(3)10-17(16)24-14(4)18(21)20-9-5-6-15(11-20)25(19,22)23/h7-8,10,12,14-15H,5-6,9,11H2,1-4H3,(H2,19,22,23). The predicted molar refractivity (Wildman–Crippen MR) is 98.1 cm³/mol. The number of nitrogens with two attached hydrogens (primary N) is 1. The molecule has 0 spiro atoms. The van der Waals surface area contributed by atoms with E-state index < -0.39 is 21.4 Å². The van der Waals surface area contributed by atoms with Gasteiger partial charge in [-0.15, -0.1) is 0 Å². The van der Waals surface area contributed by atoms with Crippen molar-refractivity contribution in [2.24, 2.45) is 5.14 Å². The van der Waals surface area contributed by atoms with Gasteiger partial charge in [0.15, 0.2) is 6.10 Å². The number of rotatable bonds is 5. The number of primary sulfonamides is 1. The summed E-state index contributed by atoms with van der Waals surface area (Å²) >= 11 is 0. The van der Waals surface area contributed by atoms with Crippen molar-refractivity contribution in [2.75, 3.05) is 13.1 Å². The van der Waals surface area contributed by atoms with Crippen molar-refractivity contribution in [1.82, 2.24) is 4.90 Å². The summed E-state index contributed by atoms with van der Waals surface area (Å²) in [6.45, 7) is 8.50. The lowest BCUT2D eigenvalue weighted by Crippen LogP contribution is -2.50. The number of carbonyl (C=O) groups excluding carboxylic acids is 1. The van der Waals surface area contributed by atoms with Crippen molar-refractivity contribution in [2.45, 2.75) is 57.8 Å². The molecule has 1 aromatic rings. The average molecular weight is 368 g/mol. The van der Waals surface area contributed by atoms with Gasteiger partial charge in [0.1, 0.15) is 5.75 Å². The van der Waals surface area contributed by atoms with Crippen molar-refractivity contribution in [1.29, 1.82) is 0 Å². The molecule has 0 aliphatic carbocycles. The summed E-state index contributed by atoms with van der Waals surface area (Å²) in [6.07, 6.45) is 0.438. The van der Waals surface area contributed by atoms with E-state index in [1.165, 1.54) is 0 Å². The van der Waals surface area contributed by atoms with Gasteiger partial charge in [-0.1, -0.05) is 26.0 Å². The lowest BCUT2D eigenvalue weighted by atomic mass is 10.0. The van der Waals surface area contributed by atoms with Gasteiger partial charge in [-0.25, -0.2) is 13.6 Å². The van der Waals surface area contributed by atoms with Gasteiger partial charge >= 0.3 is 0 Å². The van der Waals surface area contributed by atoms with Gasteiger partial charge < -0.3 is 9.64 Å². The third kappa shape index (κ3) is 4.95. The van der Waals surface area contributed by atoms with Crippen LogP contribution in [0.5, 0.6) is 5.75 Å². The van der Waals surface area contributed by atoms with E-state index in [-0.39, 0.29) is 18.4 Å². The maximum atomic E-state index is 12.7. The normalized spacial score (nSPS) is 19.8. The number of sulfonamides is 1. The molecule has 2 N–H and O–H groups in total. The summed E-state index contributed by atoms with van der Waals surface area (Å²) in [6, 6.07) is 5.98. The maximum absolute atomic E-state index is 12.7. The number of amides is 1. The SMILES string of the molecule is Cc1ccc(C(C)C)c(OC(C)C(=O)N2CCCC(S(N)(=O)=O)C2)c1. The van der Waals surface area contributed by atoms with E-state index >= 15 is 0 Å². The first-order chi connectivity index (χ1) is 11.6. The Hall–Kier alpha value is -1.60. The Kier molecular flexibility index (Phi) is 6.11. The quantitative estimate of drug-likeness (QED) is 0.862. The van der Waals surface area contributed by atoms with E-state index in [1.54, 1.807) is 11.8 Å². The first kappa shape index (κ1) is 19.7. The van der Waals surface area contributed by atoms with Crippen molar-refractivity contribution >= 4 is 15.9 Å². The smallest absolute Gasteiger partial charge is 0.263 e. The van der Waals surface area contributed by atoms with Crippen LogP contribution in [-0.4, -0.2) is 43.7 Å². The number of ether oxygens (including phenoxy) is 1. The highest BCUT2D eigenvalue weighted by Gasteiger charge is 2.33. The maximum Gasteiger partial charge on any atom is 0.263 e. The van der Waals surface area contributed by atoms with E-state index in [1.807, 2.05) is 25.1 Å². The average Bonchev–Trinajstić information content (AvgIpc) is 2.53. The minimum Gasteiger partial charge on any atom is -0.481 e. The van der Waals surface area contributed by atoms with Crippen LogP contribution in [0.2, 0.25) is 0 Å². The molecule has 1 aromatic carbocycles. The fraction of sp³-hybridized carbons (Fsp3) is 0.611. The molecule has 6 nitrogen and oxygen atoms in total. The molecule has 0 saturated carbocycles. The summed E-state index contributed by atoms with van der Waals surface area (Å²) in [5.41, 5.74) is 2.11. The molecular formula is C18H28N2O4S. The van der Waals surface area contributed by atoms with Crippen LogP contribution in [0, 0.1) is 6.92 Å². The van der Waals surface area contributed by atoms with Crippen molar-refractivity contribution in [3.05, 3.63) is 29.3 Å². The Bertz CT molecular complexity index is 731. The molecule has 140 valence electrons. The van der Waals surface area contributed by atoms with Gasteiger partial charge in [-0.05, 0) is 49.8 Å². The minimum atomic E-state index is -3.64. The second-order valence-electron chi connectivity index (χ2n) is 7.09. The van der Waals surface area contributed by atoms with Crippen LogP contribution in [0.1, 0.15) is 50.7 Å². The van der Waals surface area contributed by atoms with Gasteiger partial charge in [0.25, 0.3) is 5.91 Å². The predicted octanol–water partition coefficient (Wildman–Crippen LogP) is 2.17. The number of hydrogen-bond donors (Lipinski definition) is 1. The Balaban J connectivity index is 2.12. The highest BCUT2D eigenvalue weighted by molar-refractivity contribution is 7.89. The van der Waals surface area contributed by atoms with Crippen molar-refractivity contribution in [3.63, 3.8) is 0 Å². The van der Waals surface area contributed by atoms with Crippen LogP contribution >= 0.6 is 0 Å². The van der Waals surface area contributed by atoms with E-state index in [0.29, 0.717) is 25.1 Å². The number of hydrogen-bond acceptors (Lipinski definition) is 4. The molecule has 0 aromatic heterocycles. The van der Waals surface area contributed by atoms with E-state index in [9.17, 15) is 13.2 Å².